The lowest BCUT2D eigenvalue weighted by Gasteiger charge is -2.08. The Kier molecular flexibility index (Phi) is 3.28. The Morgan fingerprint density at radius 1 is 1.42 bits per heavy atom. The van der Waals surface area contributed by atoms with Crippen LogP contribution in [0.2, 0.25) is 0 Å². The second-order valence-corrected chi connectivity index (χ2v) is 3.30. The summed E-state index contributed by atoms with van der Waals surface area (Å²) < 4.78 is 10.2. The molecule has 1 aliphatic carbocycles. The van der Waals surface area contributed by atoms with Gasteiger partial charge in [-0.05, 0) is 19.3 Å². The lowest BCUT2D eigenvalue weighted by molar-refractivity contribution is -0.430. The van der Waals surface area contributed by atoms with Gasteiger partial charge in [0.15, 0.2) is 0 Å². The predicted molar refractivity (Wildman–Crippen MR) is 45.4 cm³/mol. The smallest absolute Gasteiger partial charge is 0.259 e. The molecule has 0 aliphatic heterocycles. The van der Waals surface area contributed by atoms with Gasteiger partial charge >= 0.3 is 11.7 Å². The lowest BCUT2D eigenvalue weighted by Crippen LogP contribution is -2.10. The Balaban J connectivity index is 2.82. The van der Waals surface area contributed by atoms with Crippen LogP contribution in [-0.4, -0.2) is 10.7 Å². The molecule has 0 saturated carbocycles. The Morgan fingerprint density at radius 3 is 2.67 bits per heavy atom. The molecule has 0 aromatic carbocycles. The summed E-state index contributed by atoms with van der Waals surface area (Å²) in [6.07, 6.45) is 3.12. The molecule has 0 saturated heterocycles. The molecule has 0 aromatic heterocycles. The minimum atomic E-state index is -0.343. The van der Waals surface area contributed by atoms with Crippen LogP contribution in [0.25, 0.3) is 0 Å². The molecule has 4 nitrogen and oxygen atoms in total. The van der Waals surface area contributed by atoms with E-state index in [1.165, 1.54) is 0 Å². The van der Waals surface area contributed by atoms with E-state index in [9.17, 15) is 14.3 Å². The predicted octanol–water partition coefficient (Wildman–Crippen LogP) is 1.52. The van der Waals surface area contributed by atoms with Crippen molar-refractivity contribution in [2.75, 3.05) is 5.75 Å². The van der Waals surface area contributed by atoms with Crippen LogP contribution in [0.4, 0.5) is 0 Å². The van der Waals surface area contributed by atoms with Crippen LogP contribution in [0.3, 0.4) is 0 Å². The van der Waals surface area contributed by atoms with Gasteiger partial charge in [0, 0.05) is 10.6 Å². The van der Waals surface area contributed by atoms with Gasteiger partial charge < -0.3 is 0 Å². The van der Waals surface area contributed by atoms with Gasteiger partial charge in [0.25, 0.3) is 11.4 Å². The van der Waals surface area contributed by atoms with Crippen molar-refractivity contribution in [1.29, 1.82) is 0 Å². The maximum absolute atomic E-state index is 10.5. The zero-order valence-corrected chi connectivity index (χ0v) is 7.43. The van der Waals surface area contributed by atoms with Crippen molar-refractivity contribution >= 4 is 11.7 Å². The standard InChI is InChI=1S/C7H10NO3S/c9-8(10)7-4-2-1-3-6(7)5-12-11/h1-5H2/q+1. The van der Waals surface area contributed by atoms with Gasteiger partial charge in [-0.2, -0.15) is 0 Å². The van der Waals surface area contributed by atoms with Crippen molar-refractivity contribution in [2.24, 2.45) is 0 Å². The Bertz CT molecular complexity index is 237. The van der Waals surface area contributed by atoms with E-state index in [0.717, 1.165) is 24.8 Å². The van der Waals surface area contributed by atoms with Crippen LogP contribution in [0.1, 0.15) is 25.7 Å². The Morgan fingerprint density at radius 2 is 2.08 bits per heavy atom. The molecule has 0 fully saturated rings. The van der Waals surface area contributed by atoms with Gasteiger partial charge in [-0.25, -0.2) is 0 Å². The molecule has 5 heteroatoms. The first kappa shape index (κ1) is 9.25. The molecule has 0 aromatic rings. The van der Waals surface area contributed by atoms with Gasteiger partial charge in [-0.1, -0.05) is 0 Å². The van der Waals surface area contributed by atoms with E-state index >= 15 is 0 Å². The molecule has 1 rings (SSSR count). The average molecular weight is 188 g/mol. The number of allylic oxidation sites excluding steroid dienone is 1. The number of nitro groups is 1. The van der Waals surface area contributed by atoms with Crippen LogP contribution in [0.15, 0.2) is 11.3 Å². The maximum Gasteiger partial charge on any atom is 0.463 e. The van der Waals surface area contributed by atoms with E-state index in [-0.39, 0.29) is 16.4 Å². The molecule has 0 spiro atoms. The van der Waals surface area contributed by atoms with Crippen LogP contribution >= 0.6 is 0 Å². The lowest BCUT2D eigenvalue weighted by atomic mass is 9.98. The molecule has 0 amide bonds. The Labute approximate surface area is 74.3 Å². The fourth-order valence-corrected chi connectivity index (χ4v) is 1.85. The summed E-state index contributed by atoms with van der Waals surface area (Å²) in [6, 6.07) is 0. The zero-order valence-electron chi connectivity index (χ0n) is 6.62. The van der Waals surface area contributed by atoms with E-state index < -0.39 is 0 Å². The first-order valence-corrected chi connectivity index (χ1v) is 4.77. The summed E-state index contributed by atoms with van der Waals surface area (Å²) in [5, 5.41) is 10.5. The maximum atomic E-state index is 10.5. The van der Waals surface area contributed by atoms with Crippen LogP contribution in [-0.2, 0) is 15.9 Å². The summed E-state index contributed by atoms with van der Waals surface area (Å²) in [5.74, 6) is 0.274. The van der Waals surface area contributed by atoms with E-state index in [1.807, 2.05) is 0 Å². The van der Waals surface area contributed by atoms with Gasteiger partial charge in [0.2, 0.25) is 0 Å². The molecule has 0 heterocycles. The molecule has 12 heavy (non-hydrogen) atoms. The number of rotatable bonds is 3. The average Bonchev–Trinajstić information content (AvgIpc) is 2.05. The van der Waals surface area contributed by atoms with Gasteiger partial charge in [-0.3, -0.25) is 10.1 Å². The normalized spacial score (nSPS) is 17.7. The summed E-state index contributed by atoms with van der Waals surface area (Å²) in [6.45, 7) is 0. The second kappa shape index (κ2) is 4.25. The van der Waals surface area contributed by atoms with Crippen molar-refractivity contribution in [3.8, 4) is 0 Å². The monoisotopic (exact) mass is 188 g/mol. The van der Waals surface area contributed by atoms with Crippen molar-refractivity contribution in [2.45, 2.75) is 25.7 Å². The summed E-state index contributed by atoms with van der Waals surface area (Å²) in [7, 11) is 0. The van der Waals surface area contributed by atoms with E-state index in [1.54, 1.807) is 0 Å². The summed E-state index contributed by atoms with van der Waals surface area (Å²) >= 11 is 0.417. The topological polar surface area (TPSA) is 60.2 Å². The van der Waals surface area contributed by atoms with Gasteiger partial charge in [0.05, 0.1) is 10.5 Å². The van der Waals surface area contributed by atoms with E-state index in [2.05, 4.69) is 0 Å². The third kappa shape index (κ3) is 2.07. The highest BCUT2D eigenvalue weighted by atomic mass is 32.1. The van der Waals surface area contributed by atoms with Crippen molar-refractivity contribution < 1.29 is 9.13 Å². The van der Waals surface area contributed by atoms with Crippen LogP contribution in [0.5, 0.6) is 0 Å². The molecular weight excluding hydrogens is 178 g/mol. The van der Waals surface area contributed by atoms with E-state index in [4.69, 9.17) is 0 Å². The molecule has 1 aliphatic rings. The number of hydrogen-bond donors (Lipinski definition) is 0. The van der Waals surface area contributed by atoms with Gasteiger partial charge in [0.1, 0.15) is 0 Å². The highest BCUT2D eigenvalue weighted by molar-refractivity contribution is 7.65. The number of hydrogen-bond acceptors (Lipinski definition) is 3. The molecule has 0 atom stereocenters. The highest BCUT2D eigenvalue weighted by Gasteiger charge is 2.25. The molecule has 66 valence electrons. The third-order valence-corrected chi connectivity index (χ3v) is 2.47. The third-order valence-electron chi connectivity index (χ3n) is 2.00. The highest BCUT2D eigenvalue weighted by Crippen LogP contribution is 2.24. The molecule has 0 unspecified atom stereocenters. The molecule has 0 N–H and O–H groups in total. The molecule has 0 radical (unpaired) electrons. The summed E-state index contributed by atoms with van der Waals surface area (Å²) in [4.78, 5) is 10.1. The number of nitrogens with zero attached hydrogens (tertiary/aromatic N) is 1. The molecule has 0 bridgehead atoms. The SMILES string of the molecule is O=[S+]CC1=C([N+](=O)[O-])CCCC1. The van der Waals surface area contributed by atoms with Crippen LogP contribution < -0.4 is 0 Å². The fraction of sp³-hybridized carbons (Fsp3) is 0.714. The largest absolute Gasteiger partial charge is 0.463 e. The first-order chi connectivity index (χ1) is 5.75. The molecular formula is C7H10NO3S+. The quantitative estimate of drug-likeness (QED) is 0.383. The summed E-state index contributed by atoms with van der Waals surface area (Å²) in [5.41, 5.74) is 1.02. The minimum absolute atomic E-state index is 0.274. The van der Waals surface area contributed by atoms with Crippen LogP contribution in [0, 0.1) is 10.1 Å². The van der Waals surface area contributed by atoms with Gasteiger partial charge in [-0.15, -0.1) is 0 Å². The van der Waals surface area contributed by atoms with E-state index in [0.29, 0.717) is 18.1 Å². The fourth-order valence-electron chi connectivity index (χ4n) is 1.40. The minimum Gasteiger partial charge on any atom is -0.259 e. The van der Waals surface area contributed by atoms with Crippen molar-refractivity contribution in [3.05, 3.63) is 21.4 Å². The van der Waals surface area contributed by atoms with Crippen molar-refractivity contribution in [3.63, 3.8) is 0 Å². The zero-order chi connectivity index (χ0) is 8.97. The second-order valence-electron chi connectivity index (χ2n) is 2.78. The first-order valence-electron chi connectivity index (χ1n) is 3.85. The van der Waals surface area contributed by atoms with Crippen molar-refractivity contribution in [1.82, 2.24) is 0 Å². The Hall–Kier alpha value is -0.840.